The highest BCUT2D eigenvalue weighted by molar-refractivity contribution is 6.37. The van der Waals surface area contributed by atoms with Gasteiger partial charge in [0.2, 0.25) is 0 Å². The molecule has 0 saturated carbocycles. The highest BCUT2D eigenvalue weighted by atomic mass is 35.5. The average Bonchev–Trinajstić information content (AvgIpc) is 2.36. The van der Waals surface area contributed by atoms with Crippen molar-refractivity contribution in [3.8, 4) is 5.75 Å². The summed E-state index contributed by atoms with van der Waals surface area (Å²) in [5, 5.41) is 0.608. The molecule has 0 aromatic heterocycles. The van der Waals surface area contributed by atoms with E-state index >= 15 is 0 Å². The number of halogens is 2. The molecule has 0 aliphatic rings. The normalized spacial score (nSPS) is 10.6. The minimum absolute atomic E-state index is 0.182. The van der Waals surface area contributed by atoms with Gasteiger partial charge in [0, 0.05) is 0 Å². The lowest BCUT2D eigenvalue weighted by Crippen LogP contribution is -2.09. The van der Waals surface area contributed by atoms with Crippen molar-refractivity contribution in [2.45, 2.75) is 26.7 Å². The van der Waals surface area contributed by atoms with Crippen LogP contribution in [0.1, 0.15) is 37.0 Å². The van der Waals surface area contributed by atoms with Gasteiger partial charge < -0.3 is 9.47 Å². The molecule has 0 amide bonds. The molecule has 1 rings (SSSR count). The third-order valence-corrected chi connectivity index (χ3v) is 3.24. The highest BCUT2D eigenvalue weighted by Crippen LogP contribution is 2.34. The van der Waals surface area contributed by atoms with Crippen LogP contribution >= 0.6 is 23.2 Å². The van der Waals surface area contributed by atoms with E-state index in [1.165, 1.54) is 7.11 Å². The molecule has 0 radical (unpaired) electrons. The Labute approximate surface area is 123 Å². The van der Waals surface area contributed by atoms with Gasteiger partial charge in [-0.25, -0.2) is 4.79 Å². The maximum Gasteiger partial charge on any atom is 0.343 e. The van der Waals surface area contributed by atoms with Crippen LogP contribution in [0, 0.1) is 5.92 Å². The molecule has 0 atom stereocenters. The molecule has 0 bridgehead atoms. The van der Waals surface area contributed by atoms with Crippen molar-refractivity contribution in [2.24, 2.45) is 5.92 Å². The lowest BCUT2D eigenvalue weighted by Gasteiger charge is -2.12. The summed E-state index contributed by atoms with van der Waals surface area (Å²) in [7, 11) is 1.44. The minimum Gasteiger partial charge on any atom is -0.494 e. The van der Waals surface area contributed by atoms with Crippen molar-refractivity contribution in [2.75, 3.05) is 13.7 Å². The number of hydrogen-bond acceptors (Lipinski definition) is 3. The summed E-state index contributed by atoms with van der Waals surface area (Å²) < 4.78 is 10.3. The molecule has 0 aliphatic heterocycles. The number of benzene rings is 1. The van der Waals surface area contributed by atoms with E-state index in [1.807, 2.05) is 0 Å². The second-order valence-electron chi connectivity index (χ2n) is 4.61. The van der Waals surface area contributed by atoms with Crippen LogP contribution in [0.25, 0.3) is 0 Å². The first-order chi connectivity index (χ1) is 8.97. The molecule has 0 aliphatic carbocycles. The third kappa shape index (κ3) is 4.59. The Kier molecular flexibility index (Phi) is 6.46. The molecule has 1 aromatic rings. The maximum absolute atomic E-state index is 12.0. The first-order valence-electron chi connectivity index (χ1n) is 6.16. The van der Waals surface area contributed by atoms with Crippen molar-refractivity contribution < 1.29 is 14.3 Å². The molecule has 0 unspecified atom stereocenters. The number of carbonyl (C=O) groups is 1. The number of carbonyl (C=O) groups excluding carboxylic acids is 1. The summed E-state index contributed by atoms with van der Waals surface area (Å²) in [6.45, 7) is 4.61. The number of esters is 1. The van der Waals surface area contributed by atoms with Gasteiger partial charge in [-0.05, 0) is 30.9 Å². The number of rotatable bonds is 6. The summed E-state index contributed by atoms with van der Waals surface area (Å²) in [4.78, 5) is 12.0. The highest BCUT2D eigenvalue weighted by Gasteiger charge is 2.20. The van der Waals surface area contributed by atoms with E-state index in [0.717, 1.165) is 12.8 Å². The van der Waals surface area contributed by atoms with E-state index < -0.39 is 5.97 Å². The lowest BCUT2D eigenvalue weighted by atomic mass is 10.1. The fraction of sp³-hybridized carbons (Fsp3) is 0.500. The molecular weight excluding hydrogens is 287 g/mol. The van der Waals surface area contributed by atoms with Crippen LogP contribution in [0.15, 0.2) is 12.1 Å². The van der Waals surface area contributed by atoms with Gasteiger partial charge in [-0.15, -0.1) is 0 Å². The Morgan fingerprint density at radius 3 is 2.47 bits per heavy atom. The number of methoxy groups -OCH3 is 1. The van der Waals surface area contributed by atoms with Crippen LogP contribution < -0.4 is 4.74 Å². The van der Waals surface area contributed by atoms with Crippen LogP contribution in [-0.2, 0) is 4.74 Å². The molecule has 19 heavy (non-hydrogen) atoms. The van der Waals surface area contributed by atoms with E-state index in [0.29, 0.717) is 17.5 Å². The summed E-state index contributed by atoms with van der Waals surface area (Å²) in [6, 6.07) is 3.13. The predicted octanol–water partition coefficient (Wildman–Crippen LogP) is 4.60. The molecular formula is C14H18Cl2O3. The van der Waals surface area contributed by atoms with Crippen molar-refractivity contribution in [1.29, 1.82) is 0 Å². The largest absolute Gasteiger partial charge is 0.494 e. The maximum atomic E-state index is 12.0. The van der Waals surface area contributed by atoms with E-state index in [-0.39, 0.29) is 16.3 Å². The van der Waals surface area contributed by atoms with E-state index in [1.54, 1.807) is 12.1 Å². The van der Waals surface area contributed by atoms with E-state index in [9.17, 15) is 4.79 Å². The fourth-order valence-corrected chi connectivity index (χ4v) is 2.11. The first kappa shape index (κ1) is 16.1. The zero-order valence-corrected chi connectivity index (χ0v) is 12.8. The summed E-state index contributed by atoms with van der Waals surface area (Å²) >= 11 is 12.0. The van der Waals surface area contributed by atoms with E-state index in [2.05, 4.69) is 13.8 Å². The standard InChI is InChI=1S/C14H18Cl2O3/c1-9(2)5-4-8-19-14(17)12-10(15)6-7-11(16)13(12)18-3/h6-7,9H,4-5,8H2,1-3H3. The van der Waals surface area contributed by atoms with Crippen LogP contribution in [0.5, 0.6) is 5.75 Å². The molecule has 1 aromatic carbocycles. The Hall–Kier alpha value is -0.930. The zero-order valence-electron chi connectivity index (χ0n) is 11.3. The molecule has 0 heterocycles. The lowest BCUT2D eigenvalue weighted by molar-refractivity contribution is 0.0491. The molecule has 0 saturated heterocycles. The van der Waals surface area contributed by atoms with Crippen LogP contribution in [0.2, 0.25) is 10.0 Å². The SMILES string of the molecule is COc1c(Cl)ccc(Cl)c1C(=O)OCCCC(C)C. The fourth-order valence-electron chi connectivity index (χ4n) is 1.65. The molecule has 5 heteroatoms. The molecule has 0 fully saturated rings. The van der Waals surface area contributed by atoms with Crippen molar-refractivity contribution >= 4 is 29.2 Å². The van der Waals surface area contributed by atoms with Gasteiger partial charge in [-0.1, -0.05) is 37.0 Å². The Balaban J connectivity index is 2.74. The Bertz CT molecular complexity index is 445. The van der Waals surface area contributed by atoms with Gasteiger partial charge in [0.1, 0.15) is 5.56 Å². The summed E-state index contributed by atoms with van der Waals surface area (Å²) in [5.41, 5.74) is 0.182. The smallest absolute Gasteiger partial charge is 0.343 e. The Morgan fingerprint density at radius 1 is 1.26 bits per heavy atom. The van der Waals surface area contributed by atoms with Crippen molar-refractivity contribution in [3.63, 3.8) is 0 Å². The van der Waals surface area contributed by atoms with Crippen molar-refractivity contribution in [3.05, 3.63) is 27.7 Å². The molecule has 0 N–H and O–H groups in total. The average molecular weight is 305 g/mol. The first-order valence-corrected chi connectivity index (χ1v) is 6.92. The van der Waals surface area contributed by atoms with Gasteiger partial charge in [-0.2, -0.15) is 0 Å². The van der Waals surface area contributed by atoms with Gasteiger partial charge in [0.25, 0.3) is 0 Å². The van der Waals surface area contributed by atoms with Crippen LogP contribution in [-0.4, -0.2) is 19.7 Å². The topological polar surface area (TPSA) is 35.5 Å². The molecule has 106 valence electrons. The van der Waals surface area contributed by atoms with Gasteiger partial charge in [-0.3, -0.25) is 0 Å². The van der Waals surface area contributed by atoms with Gasteiger partial charge >= 0.3 is 5.97 Å². The third-order valence-electron chi connectivity index (χ3n) is 2.63. The minimum atomic E-state index is -0.506. The Morgan fingerprint density at radius 2 is 1.89 bits per heavy atom. The quantitative estimate of drug-likeness (QED) is 0.569. The van der Waals surface area contributed by atoms with E-state index in [4.69, 9.17) is 32.7 Å². The van der Waals surface area contributed by atoms with Crippen LogP contribution in [0.3, 0.4) is 0 Å². The van der Waals surface area contributed by atoms with Gasteiger partial charge in [0.05, 0.1) is 23.8 Å². The monoisotopic (exact) mass is 304 g/mol. The molecule has 0 spiro atoms. The molecule has 3 nitrogen and oxygen atoms in total. The summed E-state index contributed by atoms with van der Waals surface area (Å²) in [6.07, 6.45) is 1.83. The zero-order chi connectivity index (χ0) is 14.4. The van der Waals surface area contributed by atoms with Gasteiger partial charge in [0.15, 0.2) is 5.75 Å². The van der Waals surface area contributed by atoms with Crippen LogP contribution in [0.4, 0.5) is 0 Å². The predicted molar refractivity (Wildman–Crippen MR) is 77.4 cm³/mol. The number of ether oxygens (including phenoxy) is 2. The number of hydrogen-bond donors (Lipinski definition) is 0. The summed E-state index contributed by atoms with van der Waals surface area (Å²) in [5.74, 6) is 0.333. The second-order valence-corrected chi connectivity index (χ2v) is 5.42. The van der Waals surface area contributed by atoms with Crippen molar-refractivity contribution in [1.82, 2.24) is 0 Å². The second kappa shape index (κ2) is 7.61.